The fourth-order valence-electron chi connectivity index (χ4n) is 3.05. The highest BCUT2D eigenvalue weighted by molar-refractivity contribution is 5.29. The van der Waals surface area contributed by atoms with Crippen molar-refractivity contribution in [2.45, 2.75) is 45.2 Å². The topological polar surface area (TPSA) is 12.0 Å². The molecule has 3 rings (SSSR count). The highest BCUT2D eigenvalue weighted by Crippen LogP contribution is 2.34. The smallest absolute Gasteiger partial charge is 0.0326 e. The molecule has 2 atom stereocenters. The molecule has 1 aliphatic rings. The molecule has 1 N–H and O–H groups in total. The summed E-state index contributed by atoms with van der Waals surface area (Å²) in [4.78, 5) is 0. The van der Waals surface area contributed by atoms with Gasteiger partial charge in [0.2, 0.25) is 0 Å². The van der Waals surface area contributed by atoms with Gasteiger partial charge in [0.15, 0.2) is 0 Å². The summed E-state index contributed by atoms with van der Waals surface area (Å²) in [6.45, 7) is 4.35. The summed E-state index contributed by atoms with van der Waals surface area (Å²) in [6, 6.07) is 19.0. The first-order valence-electron chi connectivity index (χ1n) is 7.67. The molecule has 1 nitrogen and oxygen atoms in total. The van der Waals surface area contributed by atoms with Gasteiger partial charge < -0.3 is 5.32 Å². The van der Waals surface area contributed by atoms with E-state index in [1.165, 1.54) is 35.1 Å². The first-order valence-corrected chi connectivity index (χ1v) is 7.67. The van der Waals surface area contributed by atoms with Crippen LogP contribution in [0, 0.1) is 6.92 Å². The molecule has 1 heterocycles. The van der Waals surface area contributed by atoms with E-state index in [0.29, 0.717) is 12.1 Å². The maximum absolute atomic E-state index is 3.78. The van der Waals surface area contributed by atoms with Crippen molar-refractivity contribution in [1.29, 1.82) is 0 Å². The van der Waals surface area contributed by atoms with Crippen molar-refractivity contribution >= 4 is 0 Å². The van der Waals surface area contributed by atoms with E-state index in [1.54, 1.807) is 0 Å². The van der Waals surface area contributed by atoms with Crippen LogP contribution in [-0.4, -0.2) is 0 Å². The standard InChI is InChI=1S/C19H23N/c1-3-15-6-10-17(11-7-15)19-13-12-18(20-19)16-8-4-14(2)5-9-16/h4-11,18-20H,3,12-13H2,1-2H3. The zero-order valence-corrected chi connectivity index (χ0v) is 12.4. The Morgan fingerprint density at radius 2 is 1.35 bits per heavy atom. The number of hydrogen-bond acceptors (Lipinski definition) is 1. The van der Waals surface area contributed by atoms with Crippen LogP contribution in [0.4, 0.5) is 0 Å². The van der Waals surface area contributed by atoms with Crippen LogP contribution in [0.3, 0.4) is 0 Å². The second-order valence-electron chi connectivity index (χ2n) is 5.86. The van der Waals surface area contributed by atoms with Crippen molar-refractivity contribution in [2.75, 3.05) is 0 Å². The molecule has 0 aliphatic carbocycles. The second kappa shape index (κ2) is 5.80. The first-order chi connectivity index (χ1) is 9.76. The number of aryl methyl sites for hydroxylation is 2. The van der Waals surface area contributed by atoms with Crippen molar-refractivity contribution in [3.8, 4) is 0 Å². The number of nitrogens with one attached hydrogen (secondary N) is 1. The highest BCUT2D eigenvalue weighted by Gasteiger charge is 2.25. The number of rotatable bonds is 3. The third-order valence-electron chi connectivity index (χ3n) is 4.42. The fraction of sp³-hybridized carbons (Fsp3) is 0.368. The molecule has 104 valence electrons. The Labute approximate surface area is 122 Å². The monoisotopic (exact) mass is 265 g/mol. The van der Waals surface area contributed by atoms with Crippen LogP contribution in [-0.2, 0) is 6.42 Å². The highest BCUT2D eigenvalue weighted by atomic mass is 15.0. The van der Waals surface area contributed by atoms with Crippen LogP contribution in [0.5, 0.6) is 0 Å². The van der Waals surface area contributed by atoms with Crippen molar-refractivity contribution in [2.24, 2.45) is 0 Å². The Morgan fingerprint density at radius 3 is 1.85 bits per heavy atom. The van der Waals surface area contributed by atoms with E-state index in [1.807, 2.05) is 0 Å². The second-order valence-corrected chi connectivity index (χ2v) is 5.86. The lowest BCUT2D eigenvalue weighted by atomic mass is 10.0. The van der Waals surface area contributed by atoms with Gasteiger partial charge in [0, 0.05) is 12.1 Å². The van der Waals surface area contributed by atoms with Crippen molar-refractivity contribution in [3.63, 3.8) is 0 Å². The number of hydrogen-bond donors (Lipinski definition) is 1. The summed E-state index contributed by atoms with van der Waals surface area (Å²) < 4.78 is 0. The van der Waals surface area contributed by atoms with Gasteiger partial charge in [-0.3, -0.25) is 0 Å². The van der Waals surface area contributed by atoms with E-state index >= 15 is 0 Å². The van der Waals surface area contributed by atoms with Crippen LogP contribution in [0.2, 0.25) is 0 Å². The summed E-state index contributed by atoms with van der Waals surface area (Å²) in [6.07, 6.45) is 3.57. The predicted octanol–water partition coefficient (Wildman–Crippen LogP) is 4.72. The van der Waals surface area contributed by atoms with E-state index < -0.39 is 0 Å². The van der Waals surface area contributed by atoms with E-state index in [-0.39, 0.29) is 0 Å². The Kier molecular flexibility index (Phi) is 3.88. The minimum Gasteiger partial charge on any atom is -0.303 e. The molecular weight excluding hydrogens is 242 g/mol. The normalized spacial score (nSPS) is 22.1. The average Bonchev–Trinajstić information content (AvgIpc) is 2.98. The third kappa shape index (κ3) is 2.78. The lowest BCUT2D eigenvalue weighted by Crippen LogP contribution is -2.17. The van der Waals surface area contributed by atoms with Gasteiger partial charge in [-0.25, -0.2) is 0 Å². The van der Waals surface area contributed by atoms with Gasteiger partial charge in [0.05, 0.1) is 0 Å². The van der Waals surface area contributed by atoms with E-state index in [4.69, 9.17) is 0 Å². The van der Waals surface area contributed by atoms with Crippen LogP contribution < -0.4 is 5.32 Å². The fourth-order valence-corrected chi connectivity index (χ4v) is 3.05. The third-order valence-corrected chi connectivity index (χ3v) is 4.42. The Morgan fingerprint density at radius 1 is 0.850 bits per heavy atom. The summed E-state index contributed by atoms with van der Waals surface area (Å²) >= 11 is 0. The Balaban J connectivity index is 1.71. The molecule has 0 spiro atoms. The van der Waals surface area contributed by atoms with Gasteiger partial charge in [-0.05, 0) is 42.9 Å². The largest absolute Gasteiger partial charge is 0.303 e. The summed E-state index contributed by atoms with van der Waals surface area (Å²) in [5.74, 6) is 0. The van der Waals surface area contributed by atoms with Gasteiger partial charge in [-0.2, -0.15) is 0 Å². The minimum absolute atomic E-state index is 0.506. The van der Waals surface area contributed by atoms with Crippen molar-refractivity contribution in [1.82, 2.24) is 5.32 Å². The van der Waals surface area contributed by atoms with Crippen molar-refractivity contribution in [3.05, 3.63) is 70.8 Å². The molecule has 1 fully saturated rings. The quantitative estimate of drug-likeness (QED) is 0.846. The molecule has 0 amide bonds. The Bertz CT molecular complexity index is 553. The minimum atomic E-state index is 0.506. The van der Waals surface area contributed by atoms with Crippen molar-refractivity contribution < 1.29 is 0 Å². The van der Waals surface area contributed by atoms with Gasteiger partial charge in [-0.1, -0.05) is 61.0 Å². The zero-order valence-electron chi connectivity index (χ0n) is 12.4. The van der Waals surface area contributed by atoms with Crippen LogP contribution >= 0.6 is 0 Å². The molecule has 0 aromatic heterocycles. The van der Waals surface area contributed by atoms with E-state index in [0.717, 1.165) is 6.42 Å². The van der Waals surface area contributed by atoms with Crippen LogP contribution in [0.15, 0.2) is 48.5 Å². The van der Waals surface area contributed by atoms with Gasteiger partial charge in [0.1, 0.15) is 0 Å². The van der Waals surface area contributed by atoms with E-state index in [2.05, 4.69) is 67.7 Å². The molecule has 2 unspecified atom stereocenters. The molecule has 2 aromatic rings. The Hall–Kier alpha value is -1.60. The predicted molar refractivity (Wildman–Crippen MR) is 84.9 cm³/mol. The lowest BCUT2D eigenvalue weighted by molar-refractivity contribution is 0.574. The maximum atomic E-state index is 3.78. The molecule has 0 saturated carbocycles. The molecule has 20 heavy (non-hydrogen) atoms. The SMILES string of the molecule is CCc1ccc(C2CCC(c3ccc(C)cc3)N2)cc1. The molecule has 2 aromatic carbocycles. The summed E-state index contributed by atoms with van der Waals surface area (Å²) in [5.41, 5.74) is 5.60. The van der Waals surface area contributed by atoms with E-state index in [9.17, 15) is 0 Å². The molecule has 1 aliphatic heterocycles. The van der Waals surface area contributed by atoms with Gasteiger partial charge in [-0.15, -0.1) is 0 Å². The molecular formula is C19H23N. The average molecular weight is 265 g/mol. The van der Waals surface area contributed by atoms with Gasteiger partial charge >= 0.3 is 0 Å². The molecule has 1 heteroatoms. The summed E-state index contributed by atoms with van der Waals surface area (Å²) in [7, 11) is 0. The maximum Gasteiger partial charge on any atom is 0.0326 e. The zero-order chi connectivity index (χ0) is 13.9. The number of benzene rings is 2. The first kappa shape index (κ1) is 13.4. The molecule has 0 radical (unpaired) electrons. The van der Waals surface area contributed by atoms with Crippen LogP contribution in [0.1, 0.15) is 54.1 Å². The lowest BCUT2D eigenvalue weighted by Gasteiger charge is -2.15. The van der Waals surface area contributed by atoms with Crippen LogP contribution in [0.25, 0.3) is 0 Å². The molecule has 0 bridgehead atoms. The summed E-state index contributed by atoms with van der Waals surface area (Å²) in [5, 5.41) is 3.78. The van der Waals surface area contributed by atoms with Gasteiger partial charge in [0.25, 0.3) is 0 Å². The molecule has 1 saturated heterocycles.